The van der Waals surface area contributed by atoms with E-state index in [2.05, 4.69) is 19.7 Å². The van der Waals surface area contributed by atoms with Crippen LogP contribution >= 0.6 is 0 Å². The highest BCUT2D eigenvalue weighted by atomic mass is 32.2. The molecule has 1 aliphatic heterocycles. The standard InChI is InChI=1S/C16H23N5O2S/c1-2-24(22,23)19-10-7-16-13-20(11-14-5-3-4-8-17-14)12-15-6-9-18-21(15)16/h3-6,8-9,16,19H,2,7,10-13H2,1H3. The van der Waals surface area contributed by atoms with E-state index in [1.165, 1.54) is 0 Å². The third-order valence-electron chi connectivity index (χ3n) is 4.24. The predicted molar refractivity (Wildman–Crippen MR) is 91.7 cm³/mol. The molecule has 1 unspecified atom stereocenters. The van der Waals surface area contributed by atoms with Gasteiger partial charge in [0.15, 0.2) is 0 Å². The molecule has 0 aliphatic carbocycles. The van der Waals surface area contributed by atoms with E-state index in [1.54, 1.807) is 13.1 Å². The molecule has 1 atom stereocenters. The molecule has 2 aromatic heterocycles. The van der Waals surface area contributed by atoms with Crippen molar-refractivity contribution in [2.24, 2.45) is 0 Å². The van der Waals surface area contributed by atoms with E-state index >= 15 is 0 Å². The van der Waals surface area contributed by atoms with E-state index in [1.807, 2.05) is 35.1 Å². The summed E-state index contributed by atoms with van der Waals surface area (Å²) >= 11 is 0. The molecule has 3 rings (SSSR count). The van der Waals surface area contributed by atoms with Gasteiger partial charge in [0.05, 0.1) is 23.2 Å². The zero-order chi connectivity index (χ0) is 17.0. The molecule has 0 radical (unpaired) electrons. The molecule has 130 valence electrons. The van der Waals surface area contributed by atoms with Crippen LogP contribution in [0.15, 0.2) is 36.7 Å². The van der Waals surface area contributed by atoms with Gasteiger partial charge in [-0.25, -0.2) is 13.1 Å². The summed E-state index contributed by atoms with van der Waals surface area (Å²) in [5.74, 6) is 0.108. The second-order valence-corrected chi connectivity index (χ2v) is 8.09. The van der Waals surface area contributed by atoms with Crippen LogP contribution < -0.4 is 4.72 Å². The Bertz CT molecular complexity index is 760. The number of nitrogens with zero attached hydrogens (tertiary/aromatic N) is 4. The van der Waals surface area contributed by atoms with Gasteiger partial charge in [-0.05, 0) is 31.5 Å². The summed E-state index contributed by atoms with van der Waals surface area (Å²) in [7, 11) is -3.15. The van der Waals surface area contributed by atoms with Crippen molar-refractivity contribution < 1.29 is 8.42 Å². The summed E-state index contributed by atoms with van der Waals surface area (Å²) in [6, 6.07) is 8.11. The SMILES string of the molecule is CCS(=O)(=O)NCCC1CN(Cc2ccccn2)Cc2ccnn21. The van der Waals surface area contributed by atoms with Gasteiger partial charge < -0.3 is 0 Å². The van der Waals surface area contributed by atoms with Crippen molar-refractivity contribution in [2.75, 3.05) is 18.8 Å². The quantitative estimate of drug-likeness (QED) is 0.811. The third-order valence-corrected chi connectivity index (χ3v) is 5.65. The smallest absolute Gasteiger partial charge is 0.211 e. The van der Waals surface area contributed by atoms with Gasteiger partial charge in [-0.2, -0.15) is 5.10 Å². The lowest BCUT2D eigenvalue weighted by Crippen LogP contribution is -2.39. The van der Waals surface area contributed by atoms with Gasteiger partial charge in [-0.1, -0.05) is 6.07 Å². The minimum absolute atomic E-state index is 0.108. The van der Waals surface area contributed by atoms with Crippen molar-refractivity contribution >= 4 is 10.0 Å². The highest BCUT2D eigenvalue weighted by Crippen LogP contribution is 2.23. The molecule has 1 N–H and O–H groups in total. The first-order valence-corrected chi connectivity index (χ1v) is 9.84. The molecular formula is C16H23N5O2S. The van der Waals surface area contributed by atoms with Gasteiger partial charge in [0.1, 0.15) is 0 Å². The van der Waals surface area contributed by atoms with Crippen LogP contribution in [-0.2, 0) is 23.1 Å². The Kier molecular flexibility index (Phi) is 5.27. The maximum atomic E-state index is 11.6. The Hall–Kier alpha value is -1.77. The van der Waals surface area contributed by atoms with Gasteiger partial charge in [-0.15, -0.1) is 0 Å². The molecule has 0 fully saturated rings. The molecule has 7 nitrogen and oxygen atoms in total. The van der Waals surface area contributed by atoms with Crippen LogP contribution in [0.25, 0.3) is 0 Å². The van der Waals surface area contributed by atoms with Crippen molar-refractivity contribution in [3.8, 4) is 0 Å². The molecule has 0 saturated heterocycles. The fourth-order valence-corrected chi connectivity index (χ4v) is 3.64. The first kappa shape index (κ1) is 17.1. The lowest BCUT2D eigenvalue weighted by atomic mass is 10.1. The lowest BCUT2D eigenvalue weighted by Gasteiger charge is -2.33. The van der Waals surface area contributed by atoms with Gasteiger partial charge in [-0.3, -0.25) is 14.6 Å². The largest absolute Gasteiger partial charge is 0.290 e. The molecule has 0 spiro atoms. The minimum Gasteiger partial charge on any atom is -0.290 e. The van der Waals surface area contributed by atoms with Gasteiger partial charge >= 0.3 is 0 Å². The van der Waals surface area contributed by atoms with E-state index < -0.39 is 10.0 Å². The molecule has 0 amide bonds. The Morgan fingerprint density at radius 2 is 2.17 bits per heavy atom. The zero-order valence-corrected chi connectivity index (χ0v) is 14.6. The maximum absolute atomic E-state index is 11.6. The van der Waals surface area contributed by atoms with Crippen LogP contribution in [0.2, 0.25) is 0 Å². The molecule has 2 aromatic rings. The van der Waals surface area contributed by atoms with Crippen LogP contribution in [0.1, 0.15) is 30.8 Å². The van der Waals surface area contributed by atoms with Crippen LogP contribution in [0.4, 0.5) is 0 Å². The van der Waals surface area contributed by atoms with E-state index in [0.29, 0.717) is 13.0 Å². The average molecular weight is 349 g/mol. The van der Waals surface area contributed by atoms with Gasteiger partial charge in [0.2, 0.25) is 10.0 Å². The number of hydrogen-bond donors (Lipinski definition) is 1. The Labute approximate surface area is 142 Å². The second-order valence-electron chi connectivity index (χ2n) is 6.00. The predicted octanol–water partition coefficient (Wildman–Crippen LogP) is 1.16. The number of nitrogens with one attached hydrogen (secondary N) is 1. The first-order chi connectivity index (χ1) is 11.6. The van der Waals surface area contributed by atoms with Crippen molar-refractivity contribution in [1.82, 2.24) is 24.4 Å². The van der Waals surface area contributed by atoms with E-state index in [0.717, 1.165) is 31.0 Å². The van der Waals surface area contributed by atoms with Crippen molar-refractivity contribution in [3.05, 3.63) is 48.0 Å². The highest BCUT2D eigenvalue weighted by molar-refractivity contribution is 7.89. The van der Waals surface area contributed by atoms with Gasteiger partial charge in [0.25, 0.3) is 0 Å². The molecule has 1 aliphatic rings. The van der Waals surface area contributed by atoms with E-state index in [-0.39, 0.29) is 11.8 Å². The first-order valence-electron chi connectivity index (χ1n) is 8.19. The molecule has 3 heterocycles. The Balaban J connectivity index is 1.65. The monoisotopic (exact) mass is 349 g/mol. The third kappa shape index (κ3) is 4.19. The number of sulfonamides is 1. The molecule has 24 heavy (non-hydrogen) atoms. The number of aromatic nitrogens is 3. The van der Waals surface area contributed by atoms with Crippen LogP contribution in [0.3, 0.4) is 0 Å². The fraction of sp³-hybridized carbons (Fsp3) is 0.500. The maximum Gasteiger partial charge on any atom is 0.211 e. The highest BCUT2D eigenvalue weighted by Gasteiger charge is 2.25. The van der Waals surface area contributed by atoms with Crippen LogP contribution in [0, 0.1) is 0 Å². The summed E-state index contributed by atoms with van der Waals surface area (Å²) in [6.07, 6.45) is 4.33. The topological polar surface area (TPSA) is 80.1 Å². The average Bonchev–Trinajstić information content (AvgIpc) is 3.04. The number of hydrogen-bond acceptors (Lipinski definition) is 5. The van der Waals surface area contributed by atoms with Crippen molar-refractivity contribution in [1.29, 1.82) is 0 Å². The molecule has 8 heteroatoms. The lowest BCUT2D eigenvalue weighted by molar-refractivity contribution is 0.160. The van der Waals surface area contributed by atoms with Crippen LogP contribution in [-0.4, -0.2) is 46.9 Å². The summed E-state index contributed by atoms with van der Waals surface area (Å²) < 4.78 is 27.8. The van der Waals surface area contributed by atoms with Crippen LogP contribution in [0.5, 0.6) is 0 Å². The Morgan fingerprint density at radius 3 is 2.92 bits per heavy atom. The normalized spacial score (nSPS) is 18.5. The van der Waals surface area contributed by atoms with Crippen molar-refractivity contribution in [2.45, 2.75) is 32.5 Å². The minimum atomic E-state index is -3.15. The zero-order valence-electron chi connectivity index (χ0n) is 13.8. The summed E-state index contributed by atoms with van der Waals surface area (Å²) in [4.78, 5) is 6.72. The summed E-state index contributed by atoms with van der Waals surface area (Å²) in [6.45, 7) is 4.51. The molecular weight excluding hydrogens is 326 g/mol. The number of fused-ring (bicyclic) bond motifs is 1. The van der Waals surface area contributed by atoms with Gasteiger partial charge in [0, 0.05) is 38.6 Å². The molecule has 0 aromatic carbocycles. The molecule has 0 bridgehead atoms. The van der Waals surface area contributed by atoms with Crippen molar-refractivity contribution in [3.63, 3.8) is 0 Å². The summed E-state index contributed by atoms with van der Waals surface area (Å²) in [5.41, 5.74) is 2.19. The molecule has 0 saturated carbocycles. The van der Waals surface area contributed by atoms with E-state index in [4.69, 9.17) is 0 Å². The number of rotatable bonds is 7. The second kappa shape index (κ2) is 7.42. The van der Waals surface area contributed by atoms with E-state index in [9.17, 15) is 8.42 Å². The summed E-state index contributed by atoms with van der Waals surface area (Å²) in [5, 5.41) is 4.41. The number of pyridine rings is 1. The fourth-order valence-electron chi connectivity index (χ4n) is 3.00. The Morgan fingerprint density at radius 1 is 1.29 bits per heavy atom.